The highest BCUT2D eigenvalue weighted by Crippen LogP contribution is 2.15. The second-order valence-corrected chi connectivity index (χ2v) is 4.28. The lowest BCUT2D eigenvalue weighted by molar-refractivity contribution is -0.138. The van der Waals surface area contributed by atoms with Gasteiger partial charge in [0.2, 0.25) is 0 Å². The van der Waals surface area contributed by atoms with Crippen LogP contribution in [-0.4, -0.2) is 28.8 Å². The summed E-state index contributed by atoms with van der Waals surface area (Å²) in [4.78, 5) is 10.8. The molecule has 94 valence electrons. The summed E-state index contributed by atoms with van der Waals surface area (Å²) >= 11 is 0. The summed E-state index contributed by atoms with van der Waals surface area (Å²) in [6, 6.07) is 7.48. The van der Waals surface area contributed by atoms with Gasteiger partial charge in [-0.1, -0.05) is 24.3 Å². The second kappa shape index (κ2) is 6.37. The molecule has 1 rings (SSSR count). The Morgan fingerprint density at radius 2 is 1.88 bits per heavy atom. The van der Waals surface area contributed by atoms with Crippen LogP contribution in [0.3, 0.4) is 0 Å². The van der Waals surface area contributed by atoms with Crippen LogP contribution in [0, 0.1) is 0 Å². The highest BCUT2D eigenvalue weighted by Gasteiger charge is 2.12. The number of aliphatic hydroxyl groups is 1. The van der Waals surface area contributed by atoms with Gasteiger partial charge in [-0.05, 0) is 25.0 Å². The molecule has 0 amide bonds. The van der Waals surface area contributed by atoms with E-state index in [0.29, 0.717) is 13.1 Å². The minimum absolute atomic E-state index is 0.360. The lowest BCUT2D eigenvalue weighted by Gasteiger charge is -2.09. The van der Waals surface area contributed by atoms with E-state index in [4.69, 9.17) is 10.2 Å². The number of rotatable bonds is 6. The first-order chi connectivity index (χ1) is 8.00. The Bertz CT molecular complexity index is 359. The molecule has 2 atom stereocenters. The molecule has 0 fully saturated rings. The molecule has 0 aromatic heterocycles. The van der Waals surface area contributed by atoms with E-state index in [1.165, 1.54) is 0 Å². The molecule has 17 heavy (non-hydrogen) atoms. The van der Waals surface area contributed by atoms with Crippen molar-refractivity contribution in [3.8, 4) is 0 Å². The Morgan fingerprint density at radius 3 is 2.35 bits per heavy atom. The number of hydrogen-bond donors (Lipinski definition) is 3. The van der Waals surface area contributed by atoms with Gasteiger partial charge in [0.15, 0.2) is 0 Å². The molecule has 0 saturated heterocycles. The van der Waals surface area contributed by atoms with Crippen LogP contribution >= 0.6 is 0 Å². The molecule has 4 nitrogen and oxygen atoms in total. The fourth-order valence-electron chi connectivity index (χ4n) is 1.49. The van der Waals surface area contributed by atoms with Crippen LogP contribution < -0.4 is 5.32 Å². The van der Waals surface area contributed by atoms with Gasteiger partial charge in [0.05, 0.1) is 12.0 Å². The zero-order valence-electron chi connectivity index (χ0n) is 10.2. The molecular weight excluding hydrogens is 218 g/mol. The van der Waals surface area contributed by atoms with Crippen molar-refractivity contribution in [3.63, 3.8) is 0 Å². The molecular formula is C13H19NO3. The molecule has 2 unspecified atom stereocenters. The van der Waals surface area contributed by atoms with Crippen molar-refractivity contribution in [2.24, 2.45) is 0 Å². The fourth-order valence-corrected chi connectivity index (χ4v) is 1.49. The third-order valence-corrected chi connectivity index (χ3v) is 2.62. The number of carbonyl (C=O) groups is 1. The highest BCUT2D eigenvalue weighted by atomic mass is 16.4. The Kier molecular flexibility index (Phi) is 5.12. The van der Waals surface area contributed by atoms with Crippen molar-refractivity contribution in [2.75, 3.05) is 6.54 Å². The number of aliphatic hydroxyl groups excluding tert-OH is 1. The number of aliphatic carboxylic acids is 1. The van der Waals surface area contributed by atoms with Gasteiger partial charge in [0.25, 0.3) is 0 Å². The lowest BCUT2D eigenvalue weighted by Crippen LogP contribution is -2.23. The average Bonchev–Trinajstić information content (AvgIpc) is 2.28. The first-order valence-corrected chi connectivity index (χ1v) is 5.71. The molecule has 0 radical (unpaired) electrons. The Hall–Kier alpha value is -1.39. The quantitative estimate of drug-likeness (QED) is 0.698. The number of benzene rings is 1. The van der Waals surface area contributed by atoms with E-state index >= 15 is 0 Å². The molecule has 0 aliphatic heterocycles. The summed E-state index contributed by atoms with van der Waals surface area (Å²) in [7, 11) is 0. The van der Waals surface area contributed by atoms with Crippen molar-refractivity contribution in [1.82, 2.24) is 5.32 Å². The highest BCUT2D eigenvalue weighted by molar-refractivity contribution is 5.75. The van der Waals surface area contributed by atoms with Gasteiger partial charge in [-0.2, -0.15) is 0 Å². The zero-order valence-corrected chi connectivity index (χ0v) is 10.2. The summed E-state index contributed by atoms with van der Waals surface area (Å²) in [5.74, 6) is -1.29. The number of carboxylic acids is 1. The third-order valence-electron chi connectivity index (χ3n) is 2.62. The fraction of sp³-hybridized carbons (Fsp3) is 0.462. The number of carboxylic acid groups (broad SMARTS) is 1. The van der Waals surface area contributed by atoms with E-state index < -0.39 is 11.9 Å². The standard InChI is InChI=1S/C13H19NO3/c1-9(15)7-14-8-11-3-5-12(6-4-11)10(2)13(16)17/h3-6,9-10,14-15H,7-8H2,1-2H3,(H,16,17). The van der Waals surface area contributed by atoms with Gasteiger partial charge in [0, 0.05) is 13.1 Å². The maximum Gasteiger partial charge on any atom is 0.310 e. The Morgan fingerprint density at radius 1 is 1.29 bits per heavy atom. The topological polar surface area (TPSA) is 69.6 Å². The molecule has 0 saturated carbocycles. The van der Waals surface area contributed by atoms with Crippen LogP contribution in [0.25, 0.3) is 0 Å². The summed E-state index contributed by atoms with van der Waals surface area (Å²) in [6.07, 6.45) is -0.360. The summed E-state index contributed by atoms with van der Waals surface area (Å²) in [5, 5.41) is 21.1. The van der Waals surface area contributed by atoms with Gasteiger partial charge in [0.1, 0.15) is 0 Å². The van der Waals surface area contributed by atoms with Gasteiger partial charge in [-0.15, -0.1) is 0 Å². The smallest absolute Gasteiger partial charge is 0.310 e. The number of nitrogens with one attached hydrogen (secondary N) is 1. The largest absolute Gasteiger partial charge is 0.481 e. The summed E-state index contributed by atoms with van der Waals surface area (Å²) in [6.45, 7) is 4.62. The van der Waals surface area contributed by atoms with Crippen molar-refractivity contribution >= 4 is 5.97 Å². The van der Waals surface area contributed by atoms with Crippen LogP contribution in [-0.2, 0) is 11.3 Å². The van der Waals surface area contributed by atoms with Crippen LogP contribution in [0.2, 0.25) is 0 Å². The molecule has 4 heteroatoms. The van der Waals surface area contributed by atoms with Crippen LogP contribution in [0.1, 0.15) is 30.9 Å². The van der Waals surface area contributed by atoms with Crippen LogP contribution in [0.15, 0.2) is 24.3 Å². The zero-order chi connectivity index (χ0) is 12.8. The normalized spacial score (nSPS) is 14.3. The lowest BCUT2D eigenvalue weighted by atomic mass is 10.00. The van der Waals surface area contributed by atoms with E-state index in [9.17, 15) is 4.79 Å². The van der Waals surface area contributed by atoms with E-state index in [1.807, 2.05) is 24.3 Å². The first-order valence-electron chi connectivity index (χ1n) is 5.71. The second-order valence-electron chi connectivity index (χ2n) is 4.28. The monoisotopic (exact) mass is 237 g/mol. The van der Waals surface area contributed by atoms with Crippen molar-refractivity contribution in [1.29, 1.82) is 0 Å². The van der Waals surface area contributed by atoms with Crippen LogP contribution in [0.4, 0.5) is 0 Å². The molecule has 0 heterocycles. The Labute approximate surface area is 101 Å². The molecule has 0 bridgehead atoms. The predicted octanol–water partition coefficient (Wildman–Crippen LogP) is 1.35. The van der Waals surface area contributed by atoms with Gasteiger partial charge in [-0.25, -0.2) is 0 Å². The SMILES string of the molecule is CC(O)CNCc1ccc(C(C)C(=O)O)cc1. The van der Waals surface area contributed by atoms with Crippen molar-refractivity contribution in [3.05, 3.63) is 35.4 Å². The number of hydrogen-bond acceptors (Lipinski definition) is 3. The average molecular weight is 237 g/mol. The maximum absolute atomic E-state index is 10.8. The molecule has 0 aliphatic carbocycles. The Balaban J connectivity index is 2.53. The molecule has 1 aromatic rings. The molecule has 3 N–H and O–H groups in total. The van der Waals surface area contributed by atoms with Gasteiger partial charge < -0.3 is 15.5 Å². The van der Waals surface area contributed by atoms with Crippen molar-refractivity contribution in [2.45, 2.75) is 32.4 Å². The maximum atomic E-state index is 10.8. The van der Waals surface area contributed by atoms with Crippen LogP contribution in [0.5, 0.6) is 0 Å². The van der Waals surface area contributed by atoms with Gasteiger partial charge >= 0.3 is 5.97 Å². The summed E-state index contributed by atoms with van der Waals surface area (Å²) < 4.78 is 0. The minimum atomic E-state index is -0.815. The van der Waals surface area contributed by atoms with Crippen molar-refractivity contribution < 1.29 is 15.0 Å². The van der Waals surface area contributed by atoms with E-state index in [0.717, 1.165) is 11.1 Å². The third kappa shape index (κ3) is 4.54. The minimum Gasteiger partial charge on any atom is -0.481 e. The first kappa shape index (κ1) is 13.7. The molecule has 0 aliphatic rings. The molecule has 0 spiro atoms. The molecule has 1 aromatic carbocycles. The summed E-state index contributed by atoms with van der Waals surface area (Å²) in [5.41, 5.74) is 1.88. The van der Waals surface area contributed by atoms with E-state index in [2.05, 4.69) is 5.32 Å². The van der Waals surface area contributed by atoms with Gasteiger partial charge in [-0.3, -0.25) is 4.79 Å². The van der Waals surface area contributed by atoms with E-state index in [1.54, 1.807) is 13.8 Å². The predicted molar refractivity (Wildman–Crippen MR) is 65.9 cm³/mol. The van der Waals surface area contributed by atoms with E-state index in [-0.39, 0.29) is 6.10 Å².